The minimum Gasteiger partial charge on any atom is -0.394 e. The van der Waals surface area contributed by atoms with Crippen molar-refractivity contribution >= 4 is 0 Å². The van der Waals surface area contributed by atoms with Gasteiger partial charge in [-0.1, -0.05) is 0 Å². The summed E-state index contributed by atoms with van der Waals surface area (Å²) in [7, 11) is 0. The first-order valence-corrected chi connectivity index (χ1v) is 6.87. The van der Waals surface area contributed by atoms with E-state index in [1.165, 1.54) is 0 Å². The van der Waals surface area contributed by atoms with Gasteiger partial charge in [0.2, 0.25) is 0 Å². The molecule has 0 radical (unpaired) electrons. The van der Waals surface area contributed by atoms with Crippen molar-refractivity contribution < 1.29 is 57.8 Å². The lowest BCUT2D eigenvalue weighted by atomic mass is 9.98. The van der Waals surface area contributed by atoms with Crippen LogP contribution in [0.2, 0.25) is 0 Å². The van der Waals surface area contributed by atoms with Gasteiger partial charge in [-0.2, -0.15) is 0 Å². The molecule has 0 aromatic carbocycles. The number of aliphatic hydroxyl groups excluding tert-OH is 7. The minimum absolute atomic E-state index is 0.734. The smallest absolute Gasteiger partial charge is 0.189 e. The third-order valence-electron chi connectivity index (χ3n) is 3.81. The van der Waals surface area contributed by atoms with Gasteiger partial charge in [-0.15, -0.1) is 0 Å². The van der Waals surface area contributed by atoms with Crippen LogP contribution in [0.3, 0.4) is 0 Å². The van der Waals surface area contributed by atoms with E-state index in [9.17, 15) is 35.7 Å². The van der Waals surface area contributed by atoms with Gasteiger partial charge in [-0.3, -0.25) is 0 Å². The summed E-state index contributed by atoms with van der Waals surface area (Å²) >= 11 is 0. The second-order valence-corrected chi connectivity index (χ2v) is 5.36. The number of ether oxygens (including phenoxy) is 3. The van der Waals surface area contributed by atoms with Gasteiger partial charge in [-0.25, -0.2) is 0 Å². The van der Waals surface area contributed by atoms with Crippen LogP contribution in [-0.2, 0) is 14.2 Å². The Morgan fingerprint density at radius 2 is 1.13 bits per heavy atom. The molecule has 0 aromatic heterocycles. The van der Waals surface area contributed by atoms with Crippen molar-refractivity contribution in [2.24, 2.45) is 0 Å². The molecule has 0 bridgehead atoms. The molecule has 136 valence electrons. The lowest BCUT2D eigenvalue weighted by Crippen LogP contribution is -2.63. The molecule has 0 unspecified atom stereocenters. The fourth-order valence-electron chi connectivity index (χ4n) is 2.38. The van der Waals surface area contributed by atoms with Gasteiger partial charge >= 0.3 is 0 Å². The highest BCUT2D eigenvalue weighted by Gasteiger charge is 2.49. The fourth-order valence-corrected chi connectivity index (χ4v) is 2.38. The molecule has 0 aliphatic carbocycles. The molecule has 2 aliphatic rings. The first-order chi connectivity index (χ1) is 11.5. The summed E-state index contributed by atoms with van der Waals surface area (Å²) in [5.74, 6) is 0. The molecular formula is C12H22O11. The van der Waals surface area contributed by atoms with E-state index in [2.05, 4.69) is 0 Å². The van der Waals surface area contributed by atoms with Gasteiger partial charge in [0.05, 0.1) is 15.9 Å². The van der Waals surface area contributed by atoms with E-state index in [1.807, 2.05) is 0 Å². The molecule has 2 fully saturated rings. The highest BCUT2D eigenvalue weighted by molar-refractivity contribution is 4.92. The van der Waals surface area contributed by atoms with E-state index in [0.717, 1.165) is 0 Å². The van der Waals surface area contributed by atoms with Gasteiger partial charge in [0, 0.05) is 0 Å². The van der Waals surface area contributed by atoms with Crippen molar-refractivity contribution in [3.05, 3.63) is 0 Å². The van der Waals surface area contributed by atoms with Crippen molar-refractivity contribution in [3.63, 3.8) is 0 Å². The van der Waals surface area contributed by atoms with Crippen LogP contribution < -0.4 is 0 Å². The maximum Gasteiger partial charge on any atom is 0.189 e. The molecule has 0 spiro atoms. The average Bonchev–Trinajstić information content (AvgIpc) is 2.54. The minimum atomic E-state index is -3.10. The molecule has 0 aromatic rings. The second kappa shape index (κ2) is 7.63. The summed E-state index contributed by atoms with van der Waals surface area (Å²) in [6, 6.07) is 0. The van der Waals surface area contributed by atoms with Gasteiger partial charge in [-0.05, 0) is 0 Å². The average molecular weight is 344 g/mol. The molecule has 11 nitrogen and oxygen atoms in total. The van der Waals surface area contributed by atoms with Crippen LogP contribution in [0.1, 0.15) is 2.74 Å². The van der Waals surface area contributed by atoms with Crippen molar-refractivity contribution in [1.29, 1.82) is 0 Å². The highest BCUT2D eigenvalue weighted by atomic mass is 16.8. The van der Waals surface area contributed by atoms with Crippen LogP contribution in [0.5, 0.6) is 0 Å². The van der Waals surface area contributed by atoms with Crippen molar-refractivity contribution in [1.82, 2.24) is 0 Å². The van der Waals surface area contributed by atoms with E-state index >= 15 is 0 Å². The topological polar surface area (TPSA) is 190 Å². The standard InChI is InChI=1S/C12H22O11/c13-1-3-5(15)7(17)9(19)11(21-3)23-12-10(20)8(18)6(16)4(2-14)22-12/h3-20H,1-2H2/t3-,4-,5-,6-,7+,8+,9-,10-,11-,12-/m1/s1/i1D2. The maximum absolute atomic E-state index is 9.89. The number of aliphatic hydroxyl groups is 8. The highest BCUT2D eigenvalue weighted by Crippen LogP contribution is 2.27. The van der Waals surface area contributed by atoms with Crippen molar-refractivity contribution in [2.75, 3.05) is 13.2 Å². The first kappa shape index (κ1) is 16.1. The van der Waals surface area contributed by atoms with Crippen molar-refractivity contribution in [2.45, 2.75) is 61.4 Å². The molecule has 10 atom stereocenters. The van der Waals surface area contributed by atoms with E-state index in [-0.39, 0.29) is 0 Å². The Kier molecular flexibility index (Phi) is 5.33. The largest absolute Gasteiger partial charge is 0.394 e. The number of hydrogen-bond donors (Lipinski definition) is 8. The molecule has 2 saturated heterocycles. The summed E-state index contributed by atoms with van der Waals surface area (Å²) in [5.41, 5.74) is 0. The monoisotopic (exact) mass is 344 g/mol. The molecule has 11 heteroatoms. The summed E-state index contributed by atoms with van der Waals surface area (Å²) in [6.07, 6.45) is -18.0. The molecular weight excluding hydrogens is 320 g/mol. The van der Waals surface area contributed by atoms with E-state index in [0.29, 0.717) is 0 Å². The van der Waals surface area contributed by atoms with Gasteiger partial charge < -0.3 is 55.1 Å². The Labute approximate surface area is 133 Å². The van der Waals surface area contributed by atoms with Crippen LogP contribution in [0, 0.1) is 0 Å². The van der Waals surface area contributed by atoms with E-state index in [1.54, 1.807) is 0 Å². The van der Waals surface area contributed by atoms with Crippen LogP contribution in [-0.4, -0.2) is 115 Å². The molecule has 2 rings (SSSR count). The molecule has 23 heavy (non-hydrogen) atoms. The molecule has 8 N–H and O–H groups in total. The Morgan fingerprint density at radius 1 is 0.696 bits per heavy atom. The zero-order valence-electron chi connectivity index (χ0n) is 13.8. The van der Waals surface area contributed by atoms with Crippen molar-refractivity contribution in [3.8, 4) is 0 Å². The molecule has 2 heterocycles. The van der Waals surface area contributed by atoms with Gasteiger partial charge in [0.25, 0.3) is 0 Å². The molecule has 0 amide bonds. The Balaban J connectivity index is 2.14. The normalized spacial score (nSPS) is 53.6. The number of rotatable bonds is 4. The van der Waals surface area contributed by atoms with Gasteiger partial charge in [0.1, 0.15) is 48.8 Å². The lowest BCUT2D eigenvalue weighted by molar-refractivity contribution is -0.376. The van der Waals surface area contributed by atoms with E-state index in [4.69, 9.17) is 22.1 Å². The third-order valence-corrected chi connectivity index (χ3v) is 3.81. The van der Waals surface area contributed by atoms with Crippen LogP contribution in [0.15, 0.2) is 0 Å². The summed E-state index contributed by atoms with van der Waals surface area (Å²) < 4.78 is 29.4. The van der Waals surface area contributed by atoms with Crippen LogP contribution in [0.4, 0.5) is 0 Å². The summed E-state index contributed by atoms with van der Waals surface area (Å²) in [4.78, 5) is 0. The van der Waals surface area contributed by atoms with Crippen LogP contribution >= 0.6 is 0 Å². The number of hydrogen-bond acceptors (Lipinski definition) is 11. The van der Waals surface area contributed by atoms with Gasteiger partial charge in [0.15, 0.2) is 12.6 Å². The maximum atomic E-state index is 9.89. The molecule has 2 aliphatic heterocycles. The molecule has 0 saturated carbocycles. The summed E-state index contributed by atoms with van der Waals surface area (Å²) in [5, 5.41) is 77.0. The Bertz CT molecular complexity index is 447. The zero-order valence-corrected chi connectivity index (χ0v) is 11.8. The second-order valence-electron chi connectivity index (χ2n) is 5.36. The Morgan fingerprint density at radius 3 is 1.57 bits per heavy atom. The fraction of sp³-hybridized carbons (Fsp3) is 1.00. The first-order valence-electron chi connectivity index (χ1n) is 7.87. The zero-order chi connectivity index (χ0) is 19.1. The van der Waals surface area contributed by atoms with Crippen LogP contribution in [0.25, 0.3) is 0 Å². The van der Waals surface area contributed by atoms with E-state index < -0.39 is 74.6 Å². The SMILES string of the molecule is [2H]C([2H])(O)[C@H]1O[C@H](O[C@H]2O[C@H](CO)[C@@H](O)[C@H](O)[C@H]2O)[C@H](O)[C@@H](O)[C@@H]1O. The lowest BCUT2D eigenvalue weighted by Gasteiger charge is -2.44. The Hall–Kier alpha value is -0.440. The predicted octanol–water partition coefficient (Wildman–Crippen LogP) is -5.40. The predicted molar refractivity (Wildman–Crippen MR) is 68.6 cm³/mol. The summed E-state index contributed by atoms with van der Waals surface area (Å²) in [6.45, 7) is -3.83. The third kappa shape index (κ3) is 3.65. The quantitative estimate of drug-likeness (QED) is 0.243.